The summed E-state index contributed by atoms with van der Waals surface area (Å²) in [6, 6.07) is 19.5. The van der Waals surface area contributed by atoms with Gasteiger partial charge in [0.15, 0.2) is 5.82 Å². The monoisotopic (exact) mass is 519 g/mol. The summed E-state index contributed by atoms with van der Waals surface area (Å²) >= 11 is 1.13. The van der Waals surface area contributed by atoms with Gasteiger partial charge in [0.25, 0.3) is 16.8 Å². The number of amides is 1. The van der Waals surface area contributed by atoms with E-state index in [0.29, 0.717) is 54.9 Å². The lowest BCUT2D eigenvalue weighted by molar-refractivity contribution is -0.384. The number of piperazine rings is 1. The molecule has 188 valence electrons. The zero-order valence-electron chi connectivity index (χ0n) is 19.6. The summed E-state index contributed by atoms with van der Waals surface area (Å²) in [4.78, 5) is 31.7. The van der Waals surface area contributed by atoms with Crippen LogP contribution in [-0.4, -0.2) is 51.3 Å². The van der Waals surface area contributed by atoms with Crippen LogP contribution in [0.2, 0.25) is 0 Å². The third-order valence-electron chi connectivity index (χ3n) is 6.02. The first kappa shape index (κ1) is 24.3. The van der Waals surface area contributed by atoms with Crippen LogP contribution in [0.3, 0.4) is 0 Å². The maximum absolute atomic E-state index is 13.1. The highest BCUT2D eigenvalue weighted by atomic mass is 32.1. The Bertz CT molecular complexity index is 1390. The minimum Gasteiger partial charge on any atom is -0.430 e. The molecule has 11 heteroatoms. The molecule has 1 aliphatic heterocycles. The molecule has 0 spiro atoms. The first-order valence-electron chi connectivity index (χ1n) is 11.6. The highest BCUT2D eigenvalue weighted by molar-refractivity contribution is 7.07. The average molecular weight is 520 g/mol. The van der Waals surface area contributed by atoms with E-state index < -0.39 is 4.92 Å². The predicted octanol–water partition coefficient (Wildman–Crippen LogP) is 4.93. The van der Waals surface area contributed by atoms with E-state index in [4.69, 9.17) is 4.74 Å². The van der Waals surface area contributed by atoms with Gasteiger partial charge in [-0.15, -0.1) is 0 Å². The second-order valence-electron chi connectivity index (χ2n) is 8.46. The number of hydrogen-bond acceptors (Lipinski definition) is 8. The maximum atomic E-state index is 13.1. The van der Waals surface area contributed by atoms with Crippen LogP contribution in [0.25, 0.3) is 0 Å². The summed E-state index contributed by atoms with van der Waals surface area (Å²) in [5, 5.41) is 11.2. The topological polar surface area (TPSA) is 102 Å². The van der Waals surface area contributed by atoms with E-state index in [0.717, 1.165) is 22.8 Å². The normalized spacial score (nSPS) is 13.4. The number of carbonyl (C=O) groups is 1. The highest BCUT2D eigenvalue weighted by Gasteiger charge is 2.23. The van der Waals surface area contributed by atoms with Crippen LogP contribution in [0.15, 0.2) is 72.8 Å². The van der Waals surface area contributed by atoms with Crippen LogP contribution in [0, 0.1) is 15.9 Å². The number of aromatic nitrogens is 2. The van der Waals surface area contributed by atoms with Gasteiger partial charge >= 0.3 is 0 Å². The van der Waals surface area contributed by atoms with Gasteiger partial charge in [0.2, 0.25) is 0 Å². The minimum atomic E-state index is -0.419. The lowest BCUT2D eigenvalue weighted by Crippen LogP contribution is -2.48. The lowest BCUT2D eigenvalue weighted by atomic mass is 10.1. The Morgan fingerprint density at radius 2 is 1.65 bits per heavy atom. The van der Waals surface area contributed by atoms with Gasteiger partial charge in [-0.25, -0.2) is 4.39 Å². The summed E-state index contributed by atoms with van der Waals surface area (Å²) in [6.07, 6.45) is 0.477. The first-order valence-corrected chi connectivity index (χ1v) is 12.4. The van der Waals surface area contributed by atoms with Gasteiger partial charge in [0, 0.05) is 67.5 Å². The molecule has 0 saturated carbocycles. The summed E-state index contributed by atoms with van der Waals surface area (Å²) < 4.78 is 23.2. The molecule has 1 aromatic heterocycles. The molecule has 0 aliphatic carbocycles. The summed E-state index contributed by atoms with van der Waals surface area (Å²) in [6.45, 7) is 2.38. The van der Waals surface area contributed by atoms with Crippen LogP contribution >= 0.6 is 11.5 Å². The first-order chi connectivity index (χ1) is 17.9. The van der Waals surface area contributed by atoms with Gasteiger partial charge in [0.05, 0.1) is 4.92 Å². The SMILES string of the molecule is O=C(c1ccc(Oc2nc(Cc3ccc(F)cc3)ns2)cc1)N1CCN(c2ccc([N+](=O)[O-])cc2)CC1. The minimum absolute atomic E-state index is 0.0570. The zero-order chi connectivity index (χ0) is 25.8. The van der Waals surface area contributed by atoms with Gasteiger partial charge in [-0.1, -0.05) is 12.1 Å². The van der Waals surface area contributed by atoms with E-state index in [1.165, 1.54) is 24.3 Å². The number of hydrogen-bond donors (Lipinski definition) is 0. The smallest absolute Gasteiger partial charge is 0.298 e. The Kier molecular flexibility index (Phi) is 7.04. The average Bonchev–Trinajstić information content (AvgIpc) is 3.36. The van der Waals surface area contributed by atoms with E-state index in [-0.39, 0.29) is 17.4 Å². The number of rotatable bonds is 7. The third-order valence-corrected chi connectivity index (χ3v) is 6.66. The van der Waals surface area contributed by atoms with Crippen molar-refractivity contribution in [3.8, 4) is 10.9 Å². The Balaban J connectivity index is 1.14. The number of nitro benzene ring substituents is 1. The molecule has 9 nitrogen and oxygen atoms in total. The highest BCUT2D eigenvalue weighted by Crippen LogP contribution is 2.25. The molecule has 0 radical (unpaired) electrons. The second kappa shape index (κ2) is 10.7. The largest absolute Gasteiger partial charge is 0.430 e. The summed E-state index contributed by atoms with van der Waals surface area (Å²) in [5.41, 5.74) is 2.42. The van der Waals surface area contributed by atoms with Crippen molar-refractivity contribution < 1.29 is 18.8 Å². The molecule has 0 bridgehead atoms. The van der Waals surface area contributed by atoms with E-state index in [2.05, 4.69) is 14.3 Å². The fourth-order valence-electron chi connectivity index (χ4n) is 4.04. The molecule has 1 amide bonds. The van der Waals surface area contributed by atoms with Gasteiger partial charge < -0.3 is 14.5 Å². The van der Waals surface area contributed by atoms with E-state index in [1.807, 2.05) is 0 Å². The van der Waals surface area contributed by atoms with Gasteiger partial charge in [0.1, 0.15) is 11.6 Å². The van der Waals surface area contributed by atoms with E-state index in [9.17, 15) is 19.3 Å². The lowest BCUT2D eigenvalue weighted by Gasteiger charge is -2.36. The molecule has 1 fully saturated rings. The molecule has 2 heterocycles. The molecule has 0 atom stereocenters. The summed E-state index contributed by atoms with van der Waals surface area (Å²) in [5.74, 6) is 0.785. The van der Waals surface area contributed by atoms with Gasteiger partial charge in [-0.3, -0.25) is 14.9 Å². The molecule has 3 aromatic carbocycles. The number of anilines is 1. The van der Waals surface area contributed by atoms with E-state index in [1.54, 1.807) is 53.4 Å². The van der Waals surface area contributed by atoms with E-state index >= 15 is 0 Å². The third kappa shape index (κ3) is 5.89. The fraction of sp³-hybridized carbons (Fsp3) is 0.192. The number of carbonyl (C=O) groups excluding carboxylic acids is 1. The molecule has 5 rings (SSSR count). The molecule has 4 aromatic rings. The quantitative estimate of drug-likeness (QED) is 0.252. The number of benzene rings is 3. The van der Waals surface area contributed by atoms with Crippen molar-refractivity contribution in [2.24, 2.45) is 0 Å². The Hall–Kier alpha value is -4.38. The number of nitro groups is 1. The van der Waals surface area contributed by atoms with Crippen LogP contribution in [0.1, 0.15) is 21.7 Å². The van der Waals surface area contributed by atoms with Crippen LogP contribution in [0.4, 0.5) is 15.8 Å². The van der Waals surface area contributed by atoms with Crippen molar-refractivity contribution in [2.75, 3.05) is 31.1 Å². The fourth-order valence-corrected chi connectivity index (χ4v) is 4.61. The van der Waals surface area contributed by atoms with Crippen LogP contribution < -0.4 is 9.64 Å². The number of halogens is 1. The van der Waals surface area contributed by atoms with Crippen molar-refractivity contribution in [3.05, 3.63) is 106 Å². The van der Waals surface area contributed by atoms with Crippen LogP contribution in [0.5, 0.6) is 10.9 Å². The van der Waals surface area contributed by atoms with Crippen LogP contribution in [-0.2, 0) is 6.42 Å². The Morgan fingerprint density at radius 3 is 2.30 bits per heavy atom. The molecule has 0 N–H and O–H groups in total. The standard InChI is InChI=1S/C26H22FN5O4S/c27-20-5-1-18(2-6-20)17-24-28-26(37-29-24)36-23-11-3-19(4-12-23)25(33)31-15-13-30(14-16-31)21-7-9-22(10-8-21)32(34)35/h1-12H,13-17H2. The Morgan fingerprint density at radius 1 is 0.973 bits per heavy atom. The zero-order valence-corrected chi connectivity index (χ0v) is 20.4. The van der Waals surface area contributed by atoms with Crippen molar-refractivity contribution in [1.29, 1.82) is 0 Å². The second-order valence-corrected chi connectivity index (χ2v) is 9.17. The molecule has 1 aliphatic rings. The molecule has 0 unspecified atom stereocenters. The molecular weight excluding hydrogens is 497 g/mol. The van der Waals surface area contributed by atoms with Gasteiger partial charge in [-0.05, 0) is 54.1 Å². The maximum Gasteiger partial charge on any atom is 0.298 e. The number of ether oxygens (including phenoxy) is 1. The van der Waals surface area contributed by atoms with Crippen molar-refractivity contribution >= 4 is 28.8 Å². The van der Waals surface area contributed by atoms with Crippen molar-refractivity contribution in [3.63, 3.8) is 0 Å². The number of non-ortho nitro benzene ring substituents is 1. The molecule has 37 heavy (non-hydrogen) atoms. The van der Waals surface area contributed by atoms with Gasteiger partial charge in [-0.2, -0.15) is 9.36 Å². The van der Waals surface area contributed by atoms with Crippen molar-refractivity contribution in [2.45, 2.75) is 6.42 Å². The van der Waals surface area contributed by atoms with Crippen molar-refractivity contribution in [1.82, 2.24) is 14.3 Å². The Labute approximate surface area is 216 Å². The predicted molar refractivity (Wildman–Crippen MR) is 137 cm³/mol. The summed E-state index contributed by atoms with van der Waals surface area (Å²) in [7, 11) is 0. The molecule has 1 saturated heterocycles. The number of nitrogens with zero attached hydrogens (tertiary/aromatic N) is 5. The molecular formula is C26H22FN5O4S.